The molecule has 0 saturated carbocycles. The quantitative estimate of drug-likeness (QED) is 0.347. The van der Waals surface area contributed by atoms with Gasteiger partial charge in [0, 0.05) is 74.4 Å². The minimum atomic E-state index is -5.06. The van der Waals surface area contributed by atoms with Gasteiger partial charge in [-0.25, -0.2) is 0 Å². The van der Waals surface area contributed by atoms with Gasteiger partial charge in [0.05, 0.1) is 11.1 Å². The number of nitrogens with one attached hydrogen (secondary N) is 1. The van der Waals surface area contributed by atoms with Gasteiger partial charge in [-0.2, -0.15) is 26.3 Å². The molecule has 2 amide bonds. The fourth-order valence-electron chi connectivity index (χ4n) is 6.27. The zero-order valence-electron chi connectivity index (χ0n) is 25.1. The second-order valence-electron chi connectivity index (χ2n) is 12.0. The molecule has 3 heterocycles. The molecule has 1 atom stereocenters. The maximum atomic E-state index is 13.7. The van der Waals surface area contributed by atoms with E-state index in [9.17, 15) is 35.9 Å². The average Bonchev–Trinajstić information content (AvgIpc) is 3.26. The molecule has 2 saturated heterocycles. The van der Waals surface area contributed by atoms with Crippen LogP contribution in [0.15, 0.2) is 48.7 Å². The van der Waals surface area contributed by atoms with Crippen LogP contribution in [0.4, 0.5) is 26.3 Å². The number of hydrogen-bond acceptors (Lipinski definition) is 4. The van der Waals surface area contributed by atoms with E-state index in [0.717, 1.165) is 42.5 Å². The zero-order chi connectivity index (χ0) is 32.4. The first-order valence-electron chi connectivity index (χ1n) is 15.1. The third-order valence-corrected chi connectivity index (χ3v) is 8.73. The highest BCUT2D eigenvalue weighted by molar-refractivity contribution is 5.95. The molecule has 0 radical (unpaired) electrons. The Morgan fingerprint density at radius 1 is 0.889 bits per heavy atom. The molecular weight excluding hydrogens is 600 g/mol. The maximum absolute atomic E-state index is 13.7. The number of benzene rings is 2. The fraction of sp³-hybridized carbons (Fsp3) is 0.500. The number of nitrogens with zero attached hydrogens (tertiary/aromatic N) is 4. The van der Waals surface area contributed by atoms with Gasteiger partial charge in [0.15, 0.2) is 0 Å². The molecule has 1 N–H and O–H groups in total. The van der Waals surface area contributed by atoms with E-state index in [0.29, 0.717) is 57.6 Å². The van der Waals surface area contributed by atoms with Crippen molar-refractivity contribution >= 4 is 22.7 Å². The molecular formula is C32H37F6N5O2. The summed E-state index contributed by atoms with van der Waals surface area (Å²) in [5.74, 6) is -0.781. The van der Waals surface area contributed by atoms with Gasteiger partial charge in [-0.1, -0.05) is 18.2 Å². The SMILES string of the molecule is CN1CCCN(C(=O)CCCN2CCN(C(=O)c3cc(C(F)(F)F)cc(C(F)(F)F)c3)C(Cc3c[nH]c4ccccc34)C2)CC1. The van der Waals surface area contributed by atoms with E-state index >= 15 is 0 Å². The number of rotatable bonds is 7. The lowest BCUT2D eigenvalue weighted by Gasteiger charge is -2.42. The lowest BCUT2D eigenvalue weighted by molar-refractivity contribution is -0.143. The van der Waals surface area contributed by atoms with E-state index in [4.69, 9.17) is 0 Å². The zero-order valence-corrected chi connectivity index (χ0v) is 25.1. The number of para-hydroxylation sites is 1. The Labute approximate surface area is 257 Å². The summed E-state index contributed by atoms with van der Waals surface area (Å²) < 4.78 is 81.4. The summed E-state index contributed by atoms with van der Waals surface area (Å²) >= 11 is 0. The van der Waals surface area contributed by atoms with Crippen molar-refractivity contribution in [2.45, 2.75) is 44.1 Å². The predicted octanol–water partition coefficient (Wildman–Crippen LogP) is 5.52. The van der Waals surface area contributed by atoms with Gasteiger partial charge in [0.1, 0.15) is 0 Å². The molecule has 2 aliphatic rings. The highest BCUT2D eigenvalue weighted by Crippen LogP contribution is 2.37. The molecule has 2 aromatic carbocycles. The van der Waals surface area contributed by atoms with E-state index in [1.165, 1.54) is 4.90 Å². The predicted molar refractivity (Wildman–Crippen MR) is 158 cm³/mol. The number of aromatic amines is 1. The Hall–Kier alpha value is -3.58. The molecule has 2 fully saturated rings. The van der Waals surface area contributed by atoms with Crippen molar-refractivity contribution in [2.24, 2.45) is 0 Å². The van der Waals surface area contributed by atoms with Crippen molar-refractivity contribution < 1.29 is 35.9 Å². The number of halogens is 6. The van der Waals surface area contributed by atoms with Gasteiger partial charge >= 0.3 is 12.4 Å². The van der Waals surface area contributed by atoms with Crippen molar-refractivity contribution in [3.8, 4) is 0 Å². The van der Waals surface area contributed by atoms with Crippen LogP contribution in [0.1, 0.15) is 46.3 Å². The van der Waals surface area contributed by atoms with Crippen LogP contribution in [-0.2, 0) is 23.6 Å². The van der Waals surface area contributed by atoms with Crippen LogP contribution in [0.2, 0.25) is 0 Å². The highest BCUT2D eigenvalue weighted by atomic mass is 19.4. The number of carbonyl (C=O) groups excluding carboxylic acids is 2. The van der Waals surface area contributed by atoms with E-state index in [1.54, 1.807) is 0 Å². The fourth-order valence-corrected chi connectivity index (χ4v) is 6.27. The van der Waals surface area contributed by atoms with E-state index in [-0.39, 0.29) is 18.5 Å². The molecule has 2 aliphatic heterocycles. The van der Waals surface area contributed by atoms with E-state index in [1.807, 2.05) is 42.4 Å². The Morgan fingerprint density at radius 3 is 2.31 bits per heavy atom. The smallest absolute Gasteiger partial charge is 0.361 e. The molecule has 244 valence electrons. The molecule has 1 aromatic heterocycles. The van der Waals surface area contributed by atoms with Crippen molar-refractivity contribution in [3.05, 3.63) is 70.9 Å². The molecule has 3 aromatic rings. The molecule has 0 aliphatic carbocycles. The third-order valence-electron chi connectivity index (χ3n) is 8.73. The normalized spacial score (nSPS) is 19.2. The minimum Gasteiger partial charge on any atom is -0.361 e. The average molecular weight is 638 g/mol. The first-order chi connectivity index (χ1) is 21.3. The summed E-state index contributed by atoms with van der Waals surface area (Å²) in [6, 6.07) is 8.07. The Morgan fingerprint density at radius 2 is 1.60 bits per heavy atom. The van der Waals surface area contributed by atoms with Gasteiger partial charge < -0.3 is 19.7 Å². The summed E-state index contributed by atoms with van der Waals surface area (Å²) in [5.41, 5.74) is -1.93. The van der Waals surface area contributed by atoms with E-state index in [2.05, 4.69) is 14.8 Å². The summed E-state index contributed by atoms with van der Waals surface area (Å²) in [4.78, 5) is 37.4. The minimum absolute atomic E-state index is 0.0311. The van der Waals surface area contributed by atoms with Crippen LogP contribution in [0.25, 0.3) is 10.9 Å². The molecule has 45 heavy (non-hydrogen) atoms. The van der Waals surface area contributed by atoms with Crippen molar-refractivity contribution in [2.75, 3.05) is 59.4 Å². The first-order valence-corrected chi connectivity index (χ1v) is 15.1. The number of fused-ring (bicyclic) bond motifs is 1. The second-order valence-corrected chi connectivity index (χ2v) is 12.0. The lowest BCUT2D eigenvalue weighted by Crippen LogP contribution is -2.56. The number of H-pyrrole nitrogens is 1. The molecule has 0 bridgehead atoms. The number of likely N-dealkylation sites (N-methyl/N-ethyl adjacent to an activating group) is 1. The molecule has 13 heteroatoms. The van der Waals surface area contributed by atoms with Crippen molar-refractivity contribution in [3.63, 3.8) is 0 Å². The number of piperazine rings is 1. The molecule has 1 unspecified atom stereocenters. The molecule has 0 spiro atoms. The Bertz CT molecular complexity index is 1470. The Kier molecular flexibility index (Phi) is 9.78. The Balaban J connectivity index is 1.34. The van der Waals surface area contributed by atoms with Gasteiger partial charge in [0.2, 0.25) is 5.91 Å². The van der Waals surface area contributed by atoms with Crippen molar-refractivity contribution in [1.29, 1.82) is 0 Å². The van der Waals surface area contributed by atoms with Crippen LogP contribution < -0.4 is 0 Å². The van der Waals surface area contributed by atoms with E-state index < -0.39 is 41.0 Å². The maximum Gasteiger partial charge on any atom is 0.416 e. The number of alkyl halides is 6. The summed E-state index contributed by atoms with van der Waals surface area (Å²) in [5, 5.41) is 0.925. The van der Waals surface area contributed by atoms with Crippen LogP contribution in [0, 0.1) is 0 Å². The highest BCUT2D eigenvalue weighted by Gasteiger charge is 2.39. The van der Waals surface area contributed by atoms with Gasteiger partial charge in [-0.05, 0) is 69.2 Å². The summed E-state index contributed by atoms with van der Waals surface area (Å²) in [7, 11) is 2.04. The standard InChI is InChI=1S/C32H37F6N5O2/c1-40-9-5-11-42(14-12-40)29(44)8-4-10-41-13-15-43(26(21-41)18-23-20-39-28-7-3-2-6-27(23)28)30(45)22-16-24(31(33,34)35)19-25(17-22)32(36,37)38/h2-3,6-7,16-17,19-20,26,39H,4-5,8-15,18,21H2,1H3. The first kappa shape index (κ1) is 32.8. The van der Waals surface area contributed by atoms with Crippen LogP contribution >= 0.6 is 0 Å². The van der Waals surface area contributed by atoms with Crippen LogP contribution in [0.5, 0.6) is 0 Å². The topological polar surface area (TPSA) is 62.9 Å². The lowest BCUT2D eigenvalue weighted by atomic mass is 9.98. The number of aromatic nitrogens is 1. The van der Waals surface area contributed by atoms with Crippen LogP contribution in [-0.4, -0.2) is 102 Å². The molecule has 7 nitrogen and oxygen atoms in total. The van der Waals surface area contributed by atoms with Gasteiger partial charge in [0.25, 0.3) is 5.91 Å². The van der Waals surface area contributed by atoms with Crippen LogP contribution in [0.3, 0.4) is 0 Å². The second kappa shape index (κ2) is 13.4. The largest absolute Gasteiger partial charge is 0.416 e. The third kappa shape index (κ3) is 7.99. The number of carbonyl (C=O) groups is 2. The van der Waals surface area contributed by atoms with Gasteiger partial charge in [-0.15, -0.1) is 0 Å². The van der Waals surface area contributed by atoms with Gasteiger partial charge in [-0.3, -0.25) is 14.5 Å². The molecule has 5 rings (SSSR count). The van der Waals surface area contributed by atoms with Crippen molar-refractivity contribution in [1.82, 2.24) is 24.6 Å². The summed E-state index contributed by atoms with van der Waals surface area (Å²) in [6.07, 6.45) is -6.06. The number of hydrogen-bond donors (Lipinski definition) is 1. The summed E-state index contributed by atoms with van der Waals surface area (Å²) in [6.45, 7) is 4.62. The monoisotopic (exact) mass is 637 g/mol. The number of amides is 2.